The molecule has 29 heavy (non-hydrogen) atoms. The molecule has 1 aliphatic rings. The van der Waals surface area contributed by atoms with Gasteiger partial charge in [0, 0.05) is 5.56 Å². The Morgan fingerprint density at radius 2 is 1.79 bits per heavy atom. The summed E-state index contributed by atoms with van der Waals surface area (Å²) in [6.45, 7) is 2.05. The van der Waals surface area contributed by atoms with Crippen molar-refractivity contribution in [2.45, 2.75) is 12.8 Å². The first-order chi connectivity index (χ1) is 14.2. The van der Waals surface area contributed by atoms with E-state index in [2.05, 4.69) is 46.6 Å². The van der Waals surface area contributed by atoms with Crippen molar-refractivity contribution >= 4 is 10.8 Å². The molecule has 0 saturated carbocycles. The summed E-state index contributed by atoms with van der Waals surface area (Å²) in [6, 6.07) is 24.7. The van der Waals surface area contributed by atoms with Crippen LogP contribution in [0.4, 0.5) is 0 Å². The number of nitrogens with one attached hydrogen (secondary N) is 1. The molecule has 3 N–H and O–H groups in total. The van der Waals surface area contributed by atoms with E-state index in [4.69, 9.17) is 10.5 Å². The molecule has 5 nitrogen and oxygen atoms in total. The third kappa shape index (κ3) is 2.66. The van der Waals surface area contributed by atoms with Crippen LogP contribution in [0.2, 0.25) is 0 Å². The maximum absolute atomic E-state index is 9.93. The monoisotopic (exact) mass is 378 g/mol. The van der Waals surface area contributed by atoms with Crippen LogP contribution in [-0.4, -0.2) is 10.2 Å². The highest BCUT2D eigenvalue weighted by Gasteiger charge is 2.36. The number of nitrogens with zero attached hydrogens (tertiary/aromatic N) is 2. The van der Waals surface area contributed by atoms with E-state index in [1.54, 1.807) is 0 Å². The second-order valence-electron chi connectivity index (χ2n) is 7.18. The van der Waals surface area contributed by atoms with Crippen LogP contribution in [0.15, 0.2) is 78.2 Å². The minimum atomic E-state index is -0.370. The van der Waals surface area contributed by atoms with Gasteiger partial charge in [0.05, 0.1) is 17.2 Å². The third-order valence-corrected chi connectivity index (χ3v) is 5.41. The van der Waals surface area contributed by atoms with Gasteiger partial charge in [0.2, 0.25) is 11.8 Å². The normalized spacial score (nSPS) is 15.7. The van der Waals surface area contributed by atoms with E-state index < -0.39 is 0 Å². The number of hydrogen-bond donors (Lipinski definition) is 2. The summed E-state index contributed by atoms with van der Waals surface area (Å²) in [5, 5.41) is 19.6. The lowest BCUT2D eigenvalue weighted by molar-refractivity contribution is 0.379. The maximum atomic E-state index is 9.93. The van der Waals surface area contributed by atoms with Crippen molar-refractivity contribution in [3.8, 4) is 23.2 Å². The minimum absolute atomic E-state index is 0.0971. The van der Waals surface area contributed by atoms with Crippen molar-refractivity contribution in [1.82, 2.24) is 10.2 Å². The van der Waals surface area contributed by atoms with Gasteiger partial charge >= 0.3 is 0 Å². The van der Waals surface area contributed by atoms with Crippen LogP contribution in [0, 0.1) is 18.3 Å². The van der Waals surface area contributed by atoms with Crippen molar-refractivity contribution in [1.29, 1.82) is 5.26 Å². The Kier molecular flexibility index (Phi) is 3.85. The molecule has 1 aliphatic heterocycles. The fourth-order valence-corrected chi connectivity index (χ4v) is 4.00. The van der Waals surface area contributed by atoms with Gasteiger partial charge in [0.15, 0.2) is 0 Å². The Morgan fingerprint density at radius 1 is 1.03 bits per heavy atom. The highest BCUT2D eigenvalue weighted by atomic mass is 16.5. The average molecular weight is 378 g/mol. The molecule has 2 heterocycles. The second kappa shape index (κ2) is 6.54. The Balaban J connectivity index is 1.80. The molecule has 0 fully saturated rings. The zero-order valence-corrected chi connectivity index (χ0v) is 15.8. The lowest BCUT2D eigenvalue weighted by Gasteiger charge is -2.25. The molecule has 0 aliphatic carbocycles. The number of aromatic amines is 1. The largest absolute Gasteiger partial charge is 0.420 e. The fourth-order valence-electron chi connectivity index (χ4n) is 4.00. The zero-order valence-electron chi connectivity index (χ0n) is 15.8. The van der Waals surface area contributed by atoms with Gasteiger partial charge in [-0.05, 0) is 23.3 Å². The first-order valence-corrected chi connectivity index (χ1v) is 9.38. The van der Waals surface area contributed by atoms with E-state index in [1.807, 2.05) is 43.3 Å². The molecule has 1 atom stereocenters. The second-order valence-corrected chi connectivity index (χ2v) is 7.18. The van der Waals surface area contributed by atoms with E-state index in [9.17, 15) is 5.26 Å². The molecule has 0 saturated heterocycles. The Bertz CT molecular complexity index is 1300. The summed E-state index contributed by atoms with van der Waals surface area (Å²) in [7, 11) is 0. The van der Waals surface area contributed by atoms with Crippen molar-refractivity contribution in [2.75, 3.05) is 0 Å². The van der Waals surface area contributed by atoms with Gasteiger partial charge in [-0.1, -0.05) is 72.3 Å². The number of nitriles is 1. The summed E-state index contributed by atoms with van der Waals surface area (Å²) in [6.07, 6.45) is 0. The van der Waals surface area contributed by atoms with Gasteiger partial charge in [0.1, 0.15) is 11.6 Å². The molecule has 4 aromatic rings. The number of fused-ring (bicyclic) bond motifs is 2. The molecular formula is C24H18N4O. The molecule has 5 heteroatoms. The SMILES string of the molecule is Cc1ccc(-c2[nH]nc3c2[C@@H](c2cccc4ccccc24)C(C#N)=C(N)O3)cc1. The molecule has 0 radical (unpaired) electrons. The topological polar surface area (TPSA) is 87.7 Å². The van der Waals surface area contributed by atoms with E-state index in [-0.39, 0.29) is 11.8 Å². The molecule has 140 valence electrons. The number of nitrogens with two attached hydrogens (primary N) is 1. The van der Waals surface area contributed by atoms with Crippen LogP contribution >= 0.6 is 0 Å². The van der Waals surface area contributed by atoms with Gasteiger partial charge in [0.25, 0.3) is 0 Å². The molecular weight excluding hydrogens is 360 g/mol. The average Bonchev–Trinajstić information content (AvgIpc) is 3.16. The summed E-state index contributed by atoms with van der Waals surface area (Å²) in [5.41, 5.74) is 11.3. The van der Waals surface area contributed by atoms with Crippen molar-refractivity contribution in [3.05, 3.63) is 94.9 Å². The van der Waals surface area contributed by atoms with E-state index in [0.717, 1.165) is 33.2 Å². The first-order valence-electron chi connectivity index (χ1n) is 9.38. The molecule has 0 unspecified atom stereocenters. The van der Waals surface area contributed by atoms with Crippen LogP contribution in [0.5, 0.6) is 5.88 Å². The number of ether oxygens (including phenoxy) is 1. The van der Waals surface area contributed by atoms with Crippen LogP contribution in [-0.2, 0) is 0 Å². The van der Waals surface area contributed by atoms with Gasteiger partial charge in [-0.2, -0.15) is 5.26 Å². The van der Waals surface area contributed by atoms with E-state index in [1.165, 1.54) is 5.56 Å². The van der Waals surface area contributed by atoms with Crippen molar-refractivity contribution < 1.29 is 4.74 Å². The molecule has 1 aromatic heterocycles. The number of benzene rings is 3. The maximum Gasteiger partial charge on any atom is 0.244 e. The summed E-state index contributed by atoms with van der Waals surface area (Å²) in [5.74, 6) is 0.139. The molecule has 0 bridgehead atoms. The number of allylic oxidation sites excluding steroid dienone is 1. The van der Waals surface area contributed by atoms with Gasteiger partial charge in [-0.15, -0.1) is 5.10 Å². The number of hydrogen-bond acceptors (Lipinski definition) is 4. The first kappa shape index (κ1) is 17.1. The van der Waals surface area contributed by atoms with Crippen LogP contribution in [0.3, 0.4) is 0 Å². The van der Waals surface area contributed by atoms with Gasteiger partial charge < -0.3 is 10.5 Å². The van der Waals surface area contributed by atoms with Crippen LogP contribution in [0.25, 0.3) is 22.0 Å². The number of rotatable bonds is 2. The highest BCUT2D eigenvalue weighted by molar-refractivity contribution is 5.88. The standard InChI is InChI=1S/C24H18N4O/c1-14-9-11-16(12-10-14)22-21-20(19(13-25)23(26)29-24(21)28-27-22)18-8-4-6-15-5-2-3-7-17(15)18/h2-12,20H,26H2,1H3,(H,27,28)/t20-/m0/s1. The summed E-state index contributed by atoms with van der Waals surface area (Å²) < 4.78 is 5.72. The van der Waals surface area contributed by atoms with E-state index >= 15 is 0 Å². The summed E-state index contributed by atoms with van der Waals surface area (Å²) >= 11 is 0. The molecule has 0 amide bonds. The van der Waals surface area contributed by atoms with E-state index in [0.29, 0.717) is 11.5 Å². The number of H-pyrrole nitrogens is 1. The van der Waals surface area contributed by atoms with Crippen LogP contribution in [0.1, 0.15) is 22.6 Å². The van der Waals surface area contributed by atoms with Gasteiger partial charge in [-0.25, -0.2) is 0 Å². The predicted molar refractivity (Wildman–Crippen MR) is 112 cm³/mol. The quantitative estimate of drug-likeness (QED) is 0.526. The zero-order chi connectivity index (χ0) is 20.0. The van der Waals surface area contributed by atoms with Crippen molar-refractivity contribution in [2.24, 2.45) is 5.73 Å². The lowest BCUT2D eigenvalue weighted by Crippen LogP contribution is -2.21. The Morgan fingerprint density at radius 3 is 2.59 bits per heavy atom. The van der Waals surface area contributed by atoms with Gasteiger partial charge in [-0.3, -0.25) is 5.10 Å². The summed E-state index contributed by atoms with van der Waals surface area (Å²) in [4.78, 5) is 0. The number of aryl methyl sites for hydroxylation is 1. The lowest BCUT2D eigenvalue weighted by atomic mass is 9.81. The predicted octanol–water partition coefficient (Wildman–Crippen LogP) is 4.76. The fraction of sp³-hybridized carbons (Fsp3) is 0.0833. The smallest absolute Gasteiger partial charge is 0.244 e. The highest BCUT2D eigenvalue weighted by Crippen LogP contribution is 2.47. The molecule has 0 spiro atoms. The Hall–Kier alpha value is -4.04. The van der Waals surface area contributed by atoms with Crippen LogP contribution < -0.4 is 10.5 Å². The molecule has 3 aromatic carbocycles. The molecule has 5 rings (SSSR count). The van der Waals surface area contributed by atoms with Crippen molar-refractivity contribution in [3.63, 3.8) is 0 Å². The Labute approximate surface area is 168 Å². The number of aromatic nitrogens is 2. The minimum Gasteiger partial charge on any atom is -0.420 e. The third-order valence-electron chi connectivity index (χ3n) is 5.41.